The van der Waals surface area contributed by atoms with Crippen molar-refractivity contribution >= 4 is 29.5 Å². The summed E-state index contributed by atoms with van der Waals surface area (Å²) in [4.78, 5) is 18.4. The molecule has 0 radical (unpaired) electrons. The van der Waals surface area contributed by atoms with Gasteiger partial charge < -0.3 is 10.0 Å². The van der Waals surface area contributed by atoms with Gasteiger partial charge in [0.15, 0.2) is 0 Å². The summed E-state index contributed by atoms with van der Waals surface area (Å²) in [5.41, 5.74) is 2.05. The molecule has 132 valence electrons. The van der Waals surface area contributed by atoms with Crippen molar-refractivity contribution in [2.75, 3.05) is 18.0 Å². The Hall–Kier alpha value is -2.28. The van der Waals surface area contributed by atoms with Crippen LogP contribution in [0.4, 0.5) is 5.69 Å². The van der Waals surface area contributed by atoms with E-state index in [1.807, 2.05) is 24.3 Å². The molecule has 0 spiro atoms. The summed E-state index contributed by atoms with van der Waals surface area (Å²) in [6.07, 6.45) is 5.90. The van der Waals surface area contributed by atoms with Crippen molar-refractivity contribution in [1.82, 2.24) is 15.2 Å². The third kappa shape index (κ3) is 4.63. The Bertz CT molecular complexity index is 749. The number of nitrogens with zero attached hydrogens (tertiary/aromatic N) is 3. The molecule has 0 unspecified atom stereocenters. The molecule has 7 heteroatoms. The van der Waals surface area contributed by atoms with Crippen LogP contribution in [0.25, 0.3) is 6.08 Å². The van der Waals surface area contributed by atoms with Gasteiger partial charge in [-0.15, -0.1) is 5.10 Å². The number of aromatic amines is 1. The maximum atomic E-state index is 11.6. The zero-order valence-corrected chi connectivity index (χ0v) is 15.1. The van der Waals surface area contributed by atoms with E-state index in [1.165, 1.54) is 18.5 Å². The minimum absolute atomic E-state index is 0.205. The van der Waals surface area contributed by atoms with Crippen LogP contribution in [-0.2, 0) is 11.2 Å². The quantitative estimate of drug-likeness (QED) is 0.581. The van der Waals surface area contributed by atoms with E-state index in [2.05, 4.69) is 27.0 Å². The summed E-state index contributed by atoms with van der Waals surface area (Å²) in [5, 5.41) is 16.8. The first-order valence-corrected chi connectivity index (χ1v) is 9.36. The summed E-state index contributed by atoms with van der Waals surface area (Å²) in [5.74, 6) is -0.194. The second kappa shape index (κ2) is 8.20. The van der Waals surface area contributed by atoms with Crippen molar-refractivity contribution in [3.05, 3.63) is 40.6 Å². The van der Waals surface area contributed by atoms with Gasteiger partial charge in [-0.1, -0.05) is 19.1 Å². The number of rotatable bonds is 7. The van der Waals surface area contributed by atoms with E-state index in [9.17, 15) is 9.90 Å². The van der Waals surface area contributed by atoms with Crippen molar-refractivity contribution in [3.63, 3.8) is 0 Å². The fourth-order valence-electron chi connectivity index (χ4n) is 2.81. The van der Waals surface area contributed by atoms with Crippen LogP contribution >= 0.6 is 11.8 Å². The summed E-state index contributed by atoms with van der Waals surface area (Å²) in [6.45, 7) is 4.25. The Balaban J connectivity index is 1.73. The normalized spacial score (nSPS) is 14.9. The molecule has 2 heterocycles. The number of H-pyrrole nitrogens is 1. The number of carbonyl (C=O) groups is 1. The minimum atomic E-state index is -0.976. The molecule has 1 aromatic heterocycles. The highest BCUT2D eigenvalue weighted by Crippen LogP contribution is 2.27. The molecule has 0 aliphatic carbocycles. The van der Waals surface area contributed by atoms with Crippen LogP contribution in [0.3, 0.4) is 0 Å². The Morgan fingerprint density at radius 1 is 1.32 bits per heavy atom. The molecule has 6 nitrogen and oxygen atoms in total. The predicted molar refractivity (Wildman–Crippen MR) is 99.7 cm³/mol. The summed E-state index contributed by atoms with van der Waals surface area (Å²) in [6, 6.07) is 8.01. The van der Waals surface area contributed by atoms with Crippen LogP contribution < -0.4 is 4.90 Å². The number of anilines is 1. The first-order valence-electron chi connectivity index (χ1n) is 8.55. The van der Waals surface area contributed by atoms with E-state index in [-0.39, 0.29) is 4.91 Å². The van der Waals surface area contributed by atoms with Gasteiger partial charge in [0.25, 0.3) is 0 Å². The van der Waals surface area contributed by atoms with Gasteiger partial charge in [0.05, 0.1) is 0 Å². The van der Waals surface area contributed by atoms with Gasteiger partial charge in [0.1, 0.15) is 10.7 Å². The molecule has 0 saturated carbocycles. The molecule has 1 aliphatic rings. The van der Waals surface area contributed by atoms with Gasteiger partial charge in [-0.3, -0.25) is 5.10 Å². The fourth-order valence-corrected chi connectivity index (χ4v) is 3.54. The number of aliphatic carboxylic acids is 1. The first-order chi connectivity index (χ1) is 12.2. The third-order valence-electron chi connectivity index (χ3n) is 4.07. The van der Waals surface area contributed by atoms with E-state index in [1.54, 1.807) is 6.08 Å². The molecule has 25 heavy (non-hydrogen) atoms. The smallest absolute Gasteiger partial charge is 0.342 e. The molecule has 0 bridgehead atoms. The van der Waals surface area contributed by atoms with E-state index in [0.717, 1.165) is 49.1 Å². The van der Waals surface area contributed by atoms with E-state index >= 15 is 0 Å². The lowest BCUT2D eigenvalue weighted by Crippen LogP contribution is -2.17. The van der Waals surface area contributed by atoms with Crippen LogP contribution in [0.15, 0.2) is 34.3 Å². The zero-order chi connectivity index (χ0) is 17.6. The number of aryl methyl sites for hydroxylation is 1. The van der Waals surface area contributed by atoms with Crippen LogP contribution in [-0.4, -0.2) is 39.3 Å². The highest BCUT2D eigenvalue weighted by Gasteiger charge is 2.14. The van der Waals surface area contributed by atoms with Crippen LogP contribution in [0.5, 0.6) is 0 Å². The zero-order valence-electron chi connectivity index (χ0n) is 14.2. The second-order valence-electron chi connectivity index (χ2n) is 6.02. The van der Waals surface area contributed by atoms with Crippen LogP contribution in [0.1, 0.15) is 37.6 Å². The van der Waals surface area contributed by atoms with Gasteiger partial charge >= 0.3 is 5.97 Å². The summed E-state index contributed by atoms with van der Waals surface area (Å²) in [7, 11) is 0. The molecule has 0 atom stereocenters. The lowest BCUT2D eigenvalue weighted by atomic mass is 10.2. The molecule has 2 N–H and O–H groups in total. The molecule has 3 rings (SSSR count). The number of aromatic nitrogens is 3. The second-order valence-corrected chi connectivity index (χ2v) is 7.03. The monoisotopic (exact) mass is 358 g/mol. The van der Waals surface area contributed by atoms with Crippen molar-refractivity contribution in [2.24, 2.45) is 0 Å². The van der Waals surface area contributed by atoms with Gasteiger partial charge in [-0.05, 0) is 54.8 Å². The maximum absolute atomic E-state index is 11.6. The van der Waals surface area contributed by atoms with Gasteiger partial charge in [-0.25, -0.2) is 9.78 Å². The highest BCUT2D eigenvalue weighted by molar-refractivity contribution is 8.04. The number of nitrogens with one attached hydrogen (secondary N) is 1. The summed E-state index contributed by atoms with van der Waals surface area (Å²) < 4.78 is 0. The molecule has 1 fully saturated rings. The molecular weight excluding hydrogens is 336 g/mol. The fraction of sp³-hybridized carbons (Fsp3) is 0.389. The number of hydrogen-bond donors (Lipinski definition) is 2. The largest absolute Gasteiger partial charge is 0.477 e. The number of benzene rings is 1. The Morgan fingerprint density at radius 3 is 2.68 bits per heavy atom. The molecule has 1 saturated heterocycles. The molecule has 1 aromatic carbocycles. The standard InChI is InChI=1S/C18H22N4O2S/c1-2-5-16-19-18(21-20-16)25-15(17(23)24)12-13-6-8-14(9-7-13)22-10-3-4-11-22/h6-9,12H,2-5,10-11H2,1H3,(H,23,24)(H,19,20,21)/b15-12+. The number of carboxylic acid groups (broad SMARTS) is 1. The van der Waals surface area contributed by atoms with Crippen LogP contribution in [0, 0.1) is 0 Å². The topological polar surface area (TPSA) is 82.1 Å². The lowest BCUT2D eigenvalue weighted by molar-refractivity contribution is -0.131. The van der Waals surface area contributed by atoms with Gasteiger partial charge in [0.2, 0.25) is 5.16 Å². The van der Waals surface area contributed by atoms with Crippen molar-refractivity contribution in [2.45, 2.75) is 37.8 Å². The van der Waals surface area contributed by atoms with Crippen molar-refractivity contribution in [3.8, 4) is 0 Å². The summed E-state index contributed by atoms with van der Waals surface area (Å²) >= 11 is 1.07. The van der Waals surface area contributed by atoms with Gasteiger partial charge in [-0.2, -0.15) is 0 Å². The van der Waals surface area contributed by atoms with Gasteiger partial charge in [0, 0.05) is 25.2 Å². The van der Waals surface area contributed by atoms with Crippen molar-refractivity contribution in [1.29, 1.82) is 0 Å². The van der Waals surface area contributed by atoms with E-state index in [4.69, 9.17) is 0 Å². The Labute approximate surface area is 151 Å². The molecule has 0 amide bonds. The van der Waals surface area contributed by atoms with Crippen molar-refractivity contribution < 1.29 is 9.90 Å². The maximum Gasteiger partial charge on any atom is 0.342 e. The van der Waals surface area contributed by atoms with E-state index < -0.39 is 5.97 Å². The predicted octanol–water partition coefficient (Wildman–Crippen LogP) is 3.58. The molecule has 1 aliphatic heterocycles. The van der Waals surface area contributed by atoms with Crippen LogP contribution in [0.2, 0.25) is 0 Å². The third-order valence-corrected chi connectivity index (χ3v) is 4.95. The first kappa shape index (κ1) is 17.5. The average molecular weight is 358 g/mol. The van der Waals surface area contributed by atoms with E-state index in [0.29, 0.717) is 5.16 Å². The number of hydrogen-bond acceptors (Lipinski definition) is 5. The highest BCUT2D eigenvalue weighted by atomic mass is 32.2. The Morgan fingerprint density at radius 2 is 2.04 bits per heavy atom. The Kier molecular flexibility index (Phi) is 5.75. The lowest BCUT2D eigenvalue weighted by Gasteiger charge is -2.17. The number of thioether (sulfide) groups is 1. The minimum Gasteiger partial charge on any atom is -0.477 e. The molecule has 2 aromatic rings. The average Bonchev–Trinajstić information content (AvgIpc) is 3.27. The number of carboxylic acids is 1. The molecular formula is C18H22N4O2S. The SMILES string of the molecule is CCCc1nc(S/C(=C/c2ccc(N3CCCC3)cc2)C(=O)O)n[nH]1.